The van der Waals surface area contributed by atoms with E-state index in [1.165, 1.54) is 10.6 Å². The van der Waals surface area contributed by atoms with Crippen LogP contribution in [0, 0.1) is 0 Å². The standard InChI is InChI=1S/C21H21F2N3O3/c1-2-29-20(28)17-18(14-6-4-3-5-7-14)25-26-16(27)12-15(24-19(17)26)13-8-10-21(22,23)11-9-13/h3-7,12-13,25H,2,8-11H2,1H3. The molecule has 152 valence electrons. The molecular weight excluding hydrogens is 380 g/mol. The minimum Gasteiger partial charge on any atom is -0.462 e. The van der Waals surface area contributed by atoms with Gasteiger partial charge in [-0.05, 0) is 19.8 Å². The Hall–Kier alpha value is -3.03. The number of carbonyl (C=O) groups is 1. The molecule has 0 aliphatic heterocycles. The number of nitrogens with zero attached hydrogens (tertiary/aromatic N) is 2. The summed E-state index contributed by atoms with van der Waals surface area (Å²) >= 11 is 0. The predicted molar refractivity (Wildman–Crippen MR) is 103 cm³/mol. The van der Waals surface area contributed by atoms with Crippen molar-refractivity contribution in [3.8, 4) is 11.3 Å². The molecule has 0 bridgehead atoms. The monoisotopic (exact) mass is 401 g/mol. The molecule has 4 rings (SSSR count). The fraction of sp³-hybridized carbons (Fsp3) is 0.381. The summed E-state index contributed by atoms with van der Waals surface area (Å²) in [4.78, 5) is 30.0. The number of ether oxygens (including phenoxy) is 1. The summed E-state index contributed by atoms with van der Waals surface area (Å²) in [5, 5.41) is 2.95. The molecule has 1 aromatic carbocycles. The third-order valence-corrected chi connectivity index (χ3v) is 5.31. The van der Waals surface area contributed by atoms with Gasteiger partial charge in [0.2, 0.25) is 5.92 Å². The van der Waals surface area contributed by atoms with E-state index in [0.717, 1.165) is 0 Å². The zero-order valence-electron chi connectivity index (χ0n) is 16.0. The van der Waals surface area contributed by atoms with Crippen LogP contribution in [-0.2, 0) is 4.74 Å². The number of aromatic nitrogens is 3. The molecule has 1 saturated carbocycles. The maximum Gasteiger partial charge on any atom is 0.344 e. The number of esters is 1. The molecule has 0 saturated heterocycles. The highest BCUT2D eigenvalue weighted by atomic mass is 19.3. The second kappa shape index (κ2) is 7.42. The molecule has 6 nitrogen and oxygen atoms in total. The van der Waals surface area contributed by atoms with Crippen molar-refractivity contribution in [2.45, 2.75) is 44.4 Å². The lowest BCUT2D eigenvalue weighted by atomic mass is 9.84. The predicted octanol–water partition coefficient (Wildman–Crippen LogP) is 4.16. The molecule has 8 heteroatoms. The molecule has 0 unspecified atom stereocenters. The molecule has 0 atom stereocenters. The van der Waals surface area contributed by atoms with Crippen LogP contribution < -0.4 is 5.56 Å². The summed E-state index contributed by atoms with van der Waals surface area (Å²) in [6.45, 7) is 1.87. The van der Waals surface area contributed by atoms with E-state index in [-0.39, 0.29) is 49.4 Å². The Kier molecular flexibility index (Phi) is 4.94. The summed E-state index contributed by atoms with van der Waals surface area (Å²) < 4.78 is 33.4. The van der Waals surface area contributed by atoms with Gasteiger partial charge in [0.25, 0.3) is 5.56 Å². The SMILES string of the molecule is CCOC(=O)c1c(-c2ccccc2)[nH]n2c(=O)cc(C3CCC(F)(F)CC3)nc12. The number of H-pyrrole nitrogens is 1. The van der Waals surface area contributed by atoms with Crippen LogP contribution >= 0.6 is 0 Å². The Morgan fingerprint density at radius 3 is 2.62 bits per heavy atom. The zero-order chi connectivity index (χ0) is 20.6. The van der Waals surface area contributed by atoms with Crippen LogP contribution in [0.3, 0.4) is 0 Å². The molecule has 0 amide bonds. The highest BCUT2D eigenvalue weighted by Crippen LogP contribution is 2.40. The smallest absolute Gasteiger partial charge is 0.344 e. The Morgan fingerprint density at radius 2 is 1.97 bits per heavy atom. The normalized spacial score (nSPS) is 16.8. The van der Waals surface area contributed by atoms with E-state index in [1.54, 1.807) is 6.92 Å². The van der Waals surface area contributed by atoms with Gasteiger partial charge in [0.15, 0.2) is 5.65 Å². The Morgan fingerprint density at radius 1 is 1.28 bits per heavy atom. The number of fused-ring (bicyclic) bond motifs is 1. The largest absolute Gasteiger partial charge is 0.462 e. The molecule has 2 heterocycles. The lowest BCUT2D eigenvalue weighted by Crippen LogP contribution is -2.25. The van der Waals surface area contributed by atoms with Gasteiger partial charge in [-0.15, -0.1) is 0 Å². The second-order valence-electron chi connectivity index (χ2n) is 7.26. The second-order valence-corrected chi connectivity index (χ2v) is 7.26. The number of alkyl halides is 2. The van der Waals surface area contributed by atoms with Crippen molar-refractivity contribution in [1.29, 1.82) is 0 Å². The van der Waals surface area contributed by atoms with E-state index in [2.05, 4.69) is 10.1 Å². The third-order valence-electron chi connectivity index (χ3n) is 5.31. The highest BCUT2D eigenvalue weighted by molar-refractivity contribution is 6.02. The van der Waals surface area contributed by atoms with Crippen molar-refractivity contribution < 1.29 is 18.3 Å². The van der Waals surface area contributed by atoms with E-state index in [0.29, 0.717) is 17.0 Å². The molecule has 1 fully saturated rings. The zero-order valence-corrected chi connectivity index (χ0v) is 16.0. The van der Waals surface area contributed by atoms with Gasteiger partial charge in [0.1, 0.15) is 5.56 Å². The molecular formula is C21H21F2N3O3. The molecule has 29 heavy (non-hydrogen) atoms. The lowest BCUT2D eigenvalue weighted by molar-refractivity contribution is -0.0384. The number of benzene rings is 1. The minimum absolute atomic E-state index is 0.155. The number of carbonyl (C=O) groups excluding carboxylic acids is 1. The average molecular weight is 401 g/mol. The Labute approximate surface area is 165 Å². The maximum atomic E-state index is 13.5. The summed E-state index contributed by atoms with van der Waals surface area (Å²) in [5.74, 6) is -3.50. The fourth-order valence-corrected chi connectivity index (χ4v) is 3.81. The van der Waals surface area contributed by atoms with Gasteiger partial charge in [-0.25, -0.2) is 23.1 Å². The van der Waals surface area contributed by atoms with Crippen LogP contribution in [0.4, 0.5) is 8.78 Å². The number of hydrogen-bond donors (Lipinski definition) is 1. The summed E-state index contributed by atoms with van der Waals surface area (Å²) in [5.41, 5.74) is 1.50. The number of nitrogens with one attached hydrogen (secondary N) is 1. The van der Waals surface area contributed by atoms with Crippen LogP contribution in [0.1, 0.15) is 54.6 Å². The first-order valence-electron chi connectivity index (χ1n) is 9.65. The molecule has 1 aliphatic carbocycles. The summed E-state index contributed by atoms with van der Waals surface area (Å²) in [7, 11) is 0. The Balaban J connectivity index is 1.86. The summed E-state index contributed by atoms with van der Waals surface area (Å²) in [6, 6.07) is 10.5. The fourth-order valence-electron chi connectivity index (χ4n) is 3.81. The first-order chi connectivity index (χ1) is 13.9. The van der Waals surface area contributed by atoms with Crippen LogP contribution in [-0.4, -0.2) is 33.1 Å². The first kappa shape index (κ1) is 19.3. The van der Waals surface area contributed by atoms with Gasteiger partial charge >= 0.3 is 5.97 Å². The van der Waals surface area contributed by atoms with Crippen molar-refractivity contribution in [1.82, 2.24) is 14.6 Å². The van der Waals surface area contributed by atoms with Gasteiger partial charge in [0, 0.05) is 30.4 Å². The van der Waals surface area contributed by atoms with E-state index in [9.17, 15) is 18.4 Å². The molecule has 1 aliphatic rings. The summed E-state index contributed by atoms with van der Waals surface area (Å²) in [6.07, 6.45) is 0.0400. The van der Waals surface area contributed by atoms with Gasteiger partial charge < -0.3 is 4.74 Å². The molecule has 1 N–H and O–H groups in total. The molecule has 2 aromatic heterocycles. The number of rotatable bonds is 4. The van der Waals surface area contributed by atoms with E-state index in [4.69, 9.17) is 4.74 Å². The van der Waals surface area contributed by atoms with Crippen molar-refractivity contribution >= 4 is 11.6 Å². The lowest BCUT2D eigenvalue weighted by Gasteiger charge is -2.27. The first-order valence-corrected chi connectivity index (χ1v) is 9.65. The van der Waals surface area contributed by atoms with Crippen molar-refractivity contribution in [3.63, 3.8) is 0 Å². The highest BCUT2D eigenvalue weighted by Gasteiger charge is 2.36. The van der Waals surface area contributed by atoms with Crippen LogP contribution in [0.2, 0.25) is 0 Å². The number of hydrogen-bond acceptors (Lipinski definition) is 4. The van der Waals surface area contributed by atoms with E-state index < -0.39 is 17.5 Å². The third kappa shape index (κ3) is 3.66. The van der Waals surface area contributed by atoms with Crippen molar-refractivity contribution in [2.24, 2.45) is 0 Å². The van der Waals surface area contributed by atoms with E-state index in [1.807, 2.05) is 30.3 Å². The van der Waals surface area contributed by atoms with Crippen molar-refractivity contribution in [2.75, 3.05) is 6.61 Å². The van der Waals surface area contributed by atoms with Crippen LogP contribution in [0.5, 0.6) is 0 Å². The molecule has 3 aromatic rings. The van der Waals surface area contributed by atoms with Crippen LogP contribution in [0.25, 0.3) is 16.9 Å². The molecule has 0 spiro atoms. The van der Waals surface area contributed by atoms with Gasteiger partial charge in [-0.2, -0.15) is 0 Å². The Bertz CT molecular complexity index is 1100. The van der Waals surface area contributed by atoms with Gasteiger partial charge in [0.05, 0.1) is 18.0 Å². The van der Waals surface area contributed by atoms with E-state index >= 15 is 0 Å². The van der Waals surface area contributed by atoms with Gasteiger partial charge in [-0.1, -0.05) is 30.3 Å². The maximum absolute atomic E-state index is 13.5. The number of aromatic amines is 1. The van der Waals surface area contributed by atoms with Gasteiger partial charge in [-0.3, -0.25) is 9.89 Å². The molecule has 0 radical (unpaired) electrons. The quantitative estimate of drug-likeness (QED) is 0.666. The minimum atomic E-state index is -2.67. The average Bonchev–Trinajstić information content (AvgIpc) is 3.09. The number of halogens is 2. The van der Waals surface area contributed by atoms with Crippen molar-refractivity contribution in [3.05, 3.63) is 58.0 Å². The van der Waals surface area contributed by atoms with Crippen LogP contribution in [0.15, 0.2) is 41.2 Å². The topological polar surface area (TPSA) is 76.5 Å².